The van der Waals surface area contributed by atoms with Crippen LogP contribution in [0.2, 0.25) is 0 Å². The molecule has 1 aliphatic rings. The fraction of sp³-hybridized carbons (Fsp3) is 0.360. The van der Waals surface area contributed by atoms with Crippen molar-refractivity contribution >= 4 is 17.4 Å². The van der Waals surface area contributed by atoms with E-state index >= 15 is 0 Å². The molecule has 1 N–H and O–H groups in total. The number of hydroxylamine groups is 2. The van der Waals surface area contributed by atoms with Gasteiger partial charge in [0.15, 0.2) is 0 Å². The van der Waals surface area contributed by atoms with Gasteiger partial charge in [-0.05, 0) is 73.9 Å². The molecule has 7 nitrogen and oxygen atoms in total. The Morgan fingerprint density at radius 2 is 1.70 bits per heavy atom. The first-order chi connectivity index (χ1) is 16.0. The Hall–Kier alpha value is -3.10. The molecule has 1 fully saturated rings. The number of carbonyl (C=O) groups is 1. The molecule has 1 aromatic heterocycles. The SMILES string of the molecule is CCOc1ccc(-c2nc(C3CCN(C(=O)N(C)O)CC3)sc2-c2ccc(OC)cc2)cc1. The number of amides is 2. The number of hydrogen-bond acceptors (Lipinski definition) is 6. The van der Waals surface area contributed by atoms with Crippen molar-refractivity contribution in [2.75, 3.05) is 33.9 Å². The topological polar surface area (TPSA) is 75.1 Å². The van der Waals surface area contributed by atoms with Crippen molar-refractivity contribution in [1.82, 2.24) is 14.9 Å². The Kier molecular flexibility index (Phi) is 7.15. The minimum atomic E-state index is -0.360. The maximum Gasteiger partial charge on any atom is 0.343 e. The molecular weight excluding hydrogens is 438 g/mol. The monoisotopic (exact) mass is 467 g/mol. The van der Waals surface area contributed by atoms with Gasteiger partial charge in [0.05, 0.1) is 29.3 Å². The van der Waals surface area contributed by atoms with E-state index in [0.29, 0.717) is 24.8 Å². The van der Waals surface area contributed by atoms with Crippen LogP contribution in [0.3, 0.4) is 0 Å². The third kappa shape index (κ3) is 5.12. The average molecular weight is 468 g/mol. The molecule has 8 heteroatoms. The van der Waals surface area contributed by atoms with E-state index in [1.54, 1.807) is 23.3 Å². The zero-order valence-corrected chi connectivity index (χ0v) is 20.0. The van der Waals surface area contributed by atoms with Crippen LogP contribution in [0.25, 0.3) is 21.7 Å². The van der Waals surface area contributed by atoms with Crippen LogP contribution in [0.1, 0.15) is 30.7 Å². The fourth-order valence-electron chi connectivity index (χ4n) is 4.04. The number of rotatable bonds is 6. The van der Waals surface area contributed by atoms with E-state index in [1.807, 2.05) is 31.2 Å². The molecule has 1 aliphatic heterocycles. The van der Waals surface area contributed by atoms with Crippen LogP contribution in [0.4, 0.5) is 4.79 Å². The highest BCUT2D eigenvalue weighted by Gasteiger charge is 2.28. The number of benzene rings is 2. The molecule has 174 valence electrons. The van der Waals surface area contributed by atoms with Gasteiger partial charge < -0.3 is 14.4 Å². The number of thiazole rings is 1. The highest BCUT2D eigenvalue weighted by molar-refractivity contribution is 7.15. The molecular formula is C25H29N3O4S. The molecule has 1 saturated heterocycles. The van der Waals surface area contributed by atoms with Gasteiger partial charge in [0.25, 0.3) is 0 Å². The van der Waals surface area contributed by atoms with Gasteiger partial charge in [0, 0.05) is 31.6 Å². The molecule has 2 amide bonds. The second-order valence-corrected chi connectivity index (χ2v) is 9.01. The van der Waals surface area contributed by atoms with Crippen molar-refractivity contribution < 1.29 is 19.5 Å². The number of carbonyl (C=O) groups excluding carboxylic acids is 1. The summed E-state index contributed by atoms with van der Waals surface area (Å²) in [6.07, 6.45) is 1.63. The Labute approximate surface area is 198 Å². The summed E-state index contributed by atoms with van der Waals surface area (Å²) in [7, 11) is 3.02. The quantitative estimate of drug-likeness (QED) is 0.382. The van der Waals surface area contributed by atoms with Gasteiger partial charge >= 0.3 is 6.03 Å². The summed E-state index contributed by atoms with van der Waals surface area (Å²) in [5.41, 5.74) is 3.09. The lowest BCUT2D eigenvalue weighted by atomic mass is 9.97. The van der Waals surface area contributed by atoms with Crippen molar-refractivity contribution in [3.63, 3.8) is 0 Å². The summed E-state index contributed by atoms with van der Waals surface area (Å²) in [5, 5.41) is 11.2. The highest BCUT2D eigenvalue weighted by Crippen LogP contribution is 2.42. The molecule has 0 spiro atoms. The Bertz CT molecular complexity index is 1070. The van der Waals surface area contributed by atoms with Crippen LogP contribution < -0.4 is 9.47 Å². The van der Waals surface area contributed by atoms with E-state index < -0.39 is 0 Å². The number of urea groups is 1. The van der Waals surface area contributed by atoms with E-state index in [9.17, 15) is 10.0 Å². The van der Waals surface area contributed by atoms with Crippen molar-refractivity contribution in [2.45, 2.75) is 25.7 Å². The standard InChI is InChI=1S/C25H29N3O4S/c1-4-32-21-11-5-17(6-12-21)22-23(18-7-9-20(31-3)10-8-18)33-24(26-22)19-13-15-28(16-14-19)25(29)27(2)30/h5-12,19,30H,4,13-16H2,1-3H3. The zero-order chi connectivity index (χ0) is 23.4. The number of piperidine rings is 1. The van der Waals surface area contributed by atoms with Crippen molar-refractivity contribution in [1.29, 1.82) is 0 Å². The molecule has 0 atom stereocenters. The summed E-state index contributed by atoms with van der Waals surface area (Å²) >= 11 is 1.71. The number of methoxy groups -OCH3 is 1. The van der Waals surface area contributed by atoms with Crippen molar-refractivity contribution in [3.05, 3.63) is 53.5 Å². The molecule has 0 saturated carbocycles. The molecule has 0 radical (unpaired) electrons. The molecule has 0 unspecified atom stereocenters. The van der Waals surface area contributed by atoms with Crippen LogP contribution in [0.5, 0.6) is 11.5 Å². The minimum absolute atomic E-state index is 0.275. The Morgan fingerprint density at radius 3 is 2.27 bits per heavy atom. The molecule has 0 aliphatic carbocycles. The summed E-state index contributed by atoms with van der Waals surface area (Å²) in [6.45, 7) is 3.80. The van der Waals surface area contributed by atoms with Crippen LogP contribution in [-0.2, 0) is 0 Å². The third-order valence-electron chi connectivity index (χ3n) is 5.83. The van der Waals surface area contributed by atoms with Crippen molar-refractivity contribution in [2.24, 2.45) is 0 Å². The normalized spacial score (nSPS) is 14.2. The molecule has 33 heavy (non-hydrogen) atoms. The van der Waals surface area contributed by atoms with E-state index in [-0.39, 0.29) is 11.9 Å². The molecule has 0 bridgehead atoms. The first-order valence-corrected chi connectivity index (χ1v) is 11.9. The van der Waals surface area contributed by atoms with Crippen LogP contribution in [0.15, 0.2) is 48.5 Å². The molecule has 2 aromatic carbocycles. The zero-order valence-electron chi connectivity index (χ0n) is 19.2. The average Bonchev–Trinajstić information content (AvgIpc) is 3.30. The van der Waals surface area contributed by atoms with E-state index in [4.69, 9.17) is 14.5 Å². The molecule has 4 rings (SSSR count). The molecule has 2 heterocycles. The Morgan fingerprint density at radius 1 is 1.09 bits per heavy atom. The van der Waals surface area contributed by atoms with Crippen LogP contribution in [-0.4, -0.2) is 60.0 Å². The maximum atomic E-state index is 12.1. The first-order valence-electron chi connectivity index (χ1n) is 11.1. The van der Waals surface area contributed by atoms with E-state index in [0.717, 1.165) is 51.0 Å². The second-order valence-electron chi connectivity index (χ2n) is 7.98. The van der Waals surface area contributed by atoms with Gasteiger partial charge in [0.2, 0.25) is 0 Å². The number of likely N-dealkylation sites (tertiary alicyclic amines) is 1. The second kappa shape index (κ2) is 10.2. The van der Waals surface area contributed by atoms with Gasteiger partial charge in [-0.2, -0.15) is 0 Å². The highest BCUT2D eigenvalue weighted by atomic mass is 32.1. The predicted octanol–water partition coefficient (Wildman–Crippen LogP) is 5.50. The van der Waals surface area contributed by atoms with Crippen molar-refractivity contribution in [3.8, 4) is 33.2 Å². The van der Waals surface area contributed by atoms with Crippen LogP contribution >= 0.6 is 11.3 Å². The van der Waals surface area contributed by atoms with E-state index in [2.05, 4.69) is 24.3 Å². The van der Waals surface area contributed by atoms with Gasteiger partial charge in [-0.15, -0.1) is 11.3 Å². The first kappa shape index (κ1) is 23.1. The van der Waals surface area contributed by atoms with Gasteiger partial charge in [-0.3, -0.25) is 5.21 Å². The lowest BCUT2D eigenvalue weighted by molar-refractivity contribution is -0.0356. The van der Waals surface area contributed by atoms with Gasteiger partial charge in [0.1, 0.15) is 11.5 Å². The summed E-state index contributed by atoms with van der Waals surface area (Å²) in [6, 6.07) is 15.7. The number of hydrogen-bond donors (Lipinski definition) is 1. The number of ether oxygens (including phenoxy) is 2. The lowest BCUT2D eigenvalue weighted by Crippen LogP contribution is -2.43. The number of aromatic nitrogens is 1. The minimum Gasteiger partial charge on any atom is -0.497 e. The molecule has 3 aromatic rings. The van der Waals surface area contributed by atoms with E-state index in [1.165, 1.54) is 7.05 Å². The van der Waals surface area contributed by atoms with Crippen LogP contribution in [0, 0.1) is 0 Å². The fourth-order valence-corrected chi connectivity index (χ4v) is 5.31. The smallest absolute Gasteiger partial charge is 0.343 e. The maximum absolute atomic E-state index is 12.1. The summed E-state index contributed by atoms with van der Waals surface area (Å²) in [5.74, 6) is 1.93. The largest absolute Gasteiger partial charge is 0.497 e. The third-order valence-corrected chi connectivity index (χ3v) is 7.09. The lowest BCUT2D eigenvalue weighted by Gasteiger charge is -2.32. The van der Waals surface area contributed by atoms with Gasteiger partial charge in [-0.1, -0.05) is 0 Å². The summed E-state index contributed by atoms with van der Waals surface area (Å²) < 4.78 is 10.9. The summed E-state index contributed by atoms with van der Waals surface area (Å²) in [4.78, 5) is 19.9. The number of nitrogens with zero attached hydrogens (tertiary/aromatic N) is 3. The van der Waals surface area contributed by atoms with Gasteiger partial charge in [-0.25, -0.2) is 14.8 Å². The Balaban J connectivity index is 1.64. The predicted molar refractivity (Wildman–Crippen MR) is 129 cm³/mol.